The normalized spacial score (nSPS) is 11.5. The summed E-state index contributed by atoms with van der Waals surface area (Å²) in [5, 5.41) is 19.5. The summed E-state index contributed by atoms with van der Waals surface area (Å²) in [7, 11) is 2.52. The zero-order valence-corrected chi connectivity index (χ0v) is 9.67. The van der Waals surface area contributed by atoms with Crippen LogP contribution in [0.2, 0.25) is 0 Å². The molecule has 17 heavy (non-hydrogen) atoms. The molecule has 0 bridgehead atoms. The molecule has 0 aromatic heterocycles. The molecule has 2 amide bonds. The van der Waals surface area contributed by atoms with Crippen LogP contribution < -0.4 is 5.32 Å². The van der Waals surface area contributed by atoms with E-state index < -0.39 is 30.4 Å². The van der Waals surface area contributed by atoms with Gasteiger partial charge in [-0.15, -0.1) is 0 Å². The number of rotatable bonds is 6. The van der Waals surface area contributed by atoms with Gasteiger partial charge in [-0.2, -0.15) is 0 Å². The van der Waals surface area contributed by atoms with Gasteiger partial charge < -0.3 is 25.2 Å². The Morgan fingerprint density at radius 2 is 2.00 bits per heavy atom. The number of aliphatic hydroxyl groups excluding tert-OH is 1. The van der Waals surface area contributed by atoms with Gasteiger partial charge in [-0.05, 0) is 0 Å². The molecule has 8 nitrogen and oxygen atoms in total. The largest absolute Gasteiger partial charge is 0.480 e. The molecule has 0 aliphatic rings. The van der Waals surface area contributed by atoms with Crippen molar-refractivity contribution in [1.29, 1.82) is 0 Å². The number of methoxy groups -OCH3 is 1. The fraction of sp³-hybridized carbons (Fsp3) is 0.667. The predicted molar refractivity (Wildman–Crippen MR) is 56.3 cm³/mol. The first-order valence-corrected chi connectivity index (χ1v) is 4.84. The summed E-state index contributed by atoms with van der Waals surface area (Å²) in [6.07, 6.45) is -0.454. The molecule has 0 rings (SSSR count). The lowest BCUT2D eigenvalue weighted by atomic mass is 10.2. The number of esters is 1. The first-order chi connectivity index (χ1) is 7.92. The zero-order valence-electron chi connectivity index (χ0n) is 9.67. The second-order valence-corrected chi connectivity index (χ2v) is 3.27. The van der Waals surface area contributed by atoms with Crippen LogP contribution in [0.15, 0.2) is 0 Å². The third kappa shape index (κ3) is 5.71. The van der Waals surface area contributed by atoms with E-state index in [0.717, 1.165) is 12.0 Å². The molecule has 0 spiro atoms. The zero-order chi connectivity index (χ0) is 13.4. The third-order valence-electron chi connectivity index (χ3n) is 1.98. The van der Waals surface area contributed by atoms with Gasteiger partial charge in [-0.3, -0.25) is 4.79 Å². The molecule has 0 heterocycles. The predicted octanol–water partition coefficient (Wildman–Crippen LogP) is -1.36. The smallest absolute Gasteiger partial charge is 0.326 e. The quantitative estimate of drug-likeness (QED) is 0.500. The van der Waals surface area contributed by atoms with Crippen molar-refractivity contribution in [3.8, 4) is 0 Å². The minimum atomic E-state index is -1.35. The van der Waals surface area contributed by atoms with Crippen LogP contribution in [0.1, 0.15) is 6.42 Å². The summed E-state index contributed by atoms with van der Waals surface area (Å²) in [6.45, 7) is -0.172. The summed E-state index contributed by atoms with van der Waals surface area (Å²) in [4.78, 5) is 34.2. The molecule has 0 saturated heterocycles. The maximum Gasteiger partial charge on any atom is 0.326 e. The van der Waals surface area contributed by atoms with E-state index in [9.17, 15) is 14.4 Å². The van der Waals surface area contributed by atoms with Crippen molar-refractivity contribution in [3.05, 3.63) is 0 Å². The number of carbonyl (C=O) groups is 3. The number of likely N-dealkylation sites (N-methyl/N-ethyl adjacent to an activating group) is 1. The molecule has 0 aliphatic carbocycles. The molecule has 98 valence electrons. The van der Waals surface area contributed by atoms with Gasteiger partial charge in [0.2, 0.25) is 0 Å². The average Bonchev–Trinajstić information content (AvgIpc) is 2.27. The number of urea groups is 1. The Morgan fingerprint density at radius 1 is 1.41 bits per heavy atom. The SMILES string of the molecule is COC(=O)C[C@H](NC(=O)N(C)CCO)C(=O)O. The lowest BCUT2D eigenvalue weighted by Gasteiger charge is -2.20. The summed E-state index contributed by atoms with van der Waals surface area (Å²) in [6, 6.07) is -2.04. The molecule has 0 unspecified atom stereocenters. The van der Waals surface area contributed by atoms with Crippen LogP contribution in [-0.4, -0.2) is 66.4 Å². The fourth-order valence-corrected chi connectivity index (χ4v) is 0.961. The highest BCUT2D eigenvalue weighted by Crippen LogP contribution is 1.97. The Morgan fingerprint density at radius 3 is 2.41 bits per heavy atom. The van der Waals surface area contributed by atoms with Gasteiger partial charge in [0, 0.05) is 13.6 Å². The van der Waals surface area contributed by atoms with E-state index >= 15 is 0 Å². The van der Waals surface area contributed by atoms with Crippen LogP contribution in [0, 0.1) is 0 Å². The van der Waals surface area contributed by atoms with Crippen LogP contribution in [-0.2, 0) is 14.3 Å². The molecular formula is C9H16N2O6. The van der Waals surface area contributed by atoms with Gasteiger partial charge in [0.1, 0.15) is 6.04 Å². The standard InChI is InChI=1S/C9H16N2O6/c1-11(3-4-12)9(16)10-6(8(14)15)5-7(13)17-2/h6,12H,3-5H2,1-2H3,(H,10,16)(H,14,15)/t6-/m0/s1. The van der Waals surface area contributed by atoms with Crippen molar-refractivity contribution < 1.29 is 29.3 Å². The van der Waals surface area contributed by atoms with E-state index in [1.54, 1.807) is 0 Å². The molecule has 0 aliphatic heterocycles. The van der Waals surface area contributed by atoms with Crippen LogP contribution in [0.3, 0.4) is 0 Å². The number of carboxylic acids is 1. The number of aliphatic hydroxyl groups is 1. The van der Waals surface area contributed by atoms with E-state index in [4.69, 9.17) is 10.2 Å². The minimum absolute atomic E-state index is 0.0659. The summed E-state index contributed by atoms with van der Waals surface area (Å²) in [5.74, 6) is -2.07. The number of ether oxygens (including phenoxy) is 1. The van der Waals surface area contributed by atoms with Crippen molar-refractivity contribution in [1.82, 2.24) is 10.2 Å². The van der Waals surface area contributed by atoms with E-state index in [-0.39, 0.29) is 13.2 Å². The van der Waals surface area contributed by atoms with Gasteiger partial charge in [-0.1, -0.05) is 0 Å². The Bertz CT molecular complexity index is 293. The number of nitrogens with one attached hydrogen (secondary N) is 1. The van der Waals surface area contributed by atoms with Crippen LogP contribution in [0.4, 0.5) is 4.79 Å². The van der Waals surface area contributed by atoms with Crippen molar-refractivity contribution >= 4 is 18.0 Å². The Labute approximate surface area is 98.2 Å². The monoisotopic (exact) mass is 248 g/mol. The average molecular weight is 248 g/mol. The van der Waals surface area contributed by atoms with E-state index in [1.165, 1.54) is 7.05 Å². The fourth-order valence-electron chi connectivity index (χ4n) is 0.961. The number of aliphatic carboxylic acids is 1. The lowest BCUT2D eigenvalue weighted by Crippen LogP contribution is -2.48. The Hall–Kier alpha value is -1.83. The second kappa shape index (κ2) is 7.44. The van der Waals surface area contributed by atoms with Gasteiger partial charge in [0.15, 0.2) is 0 Å². The van der Waals surface area contributed by atoms with E-state index in [1.807, 2.05) is 0 Å². The van der Waals surface area contributed by atoms with Gasteiger partial charge in [0.05, 0.1) is 20.1 Å². The molecule has 0 radical (unpaired) electrons. The van der Waals surface area contributed by atoms with Crippen molar-refractivity contribution in [2.75, 3.05) is 27.3 Å². The van der Waals surface area contributed by atoms with Crippen molar-refractivity contribution in [3.63, 3.8) is 0 Å². The molecule has 0 aromatic rings. The van der Waals surface area contributed by atoms with Gasteiger partial charge in [0.25, 0.3) is 0 Å². The third-order valence-corrected chi connectivity index (χ3v) is 1.98. The van der Waals surface area contributed by atoms with E-state index in [0.29, 0.717) is 0 Å². The van der Waals surface area contributed by atoms with E-state index in [2.05, 4.69) is 10.1 Å². The number of carboxylic acid groups (broad SMARTS) is 1. The molecule has 0 saturated carbocycles. The summed E-state index contributed by atoms with van der Waals surface area (Å²) >= 11 is 0. The van der Waals surface area contributed by atoms with Crippen molar-refractivity contribution in [2.45, 2.75) is 12.5 Å². The number of nitrogens with zero attached hydrogens (tertiary/aromatic N) is 1. The molecular weight excluding hydrogens is 232 g/mol. The minimum Gasteiger partial charge on any atom is -0.480 e. The number of amides is 2. The Balaban J connectivity index is 4.39. The first kappa shape index (κ1) is 15.2. The van der Waals surface area contributed by atoms with Crippen LogP contribution in [0.25, 0.3) is 0 Å². The highest BCUT2D eigenvalue weighted by Gasteiger charge is 2.24. The topological polar surface area (TPSA) is 116 Å². The summed E-state index contributed by atoms with van der Waals surface area (Å²) in [5.41, 5.74) is 0. The van der Waals surface area contributed by atoms with Crippen molar-refractivity contribution in [2.24, 2.45) is 0 Å². The number of hydrogen-bond acceptors (Lipinski definition) is 5. The van der Waals surface area contributed by atoms with Gasteiger partial charge in [-0.25, -0.2) is 9.59 Å². The molecule has 1 atom stereocenters. The molecule has 0 fully saturated rings. The number of carbonyl (C=O) groups excluding carboxylic acids is 2. The second-order valence-electron chi connectivity index (χ2n) is 3.27. The lowest BCUT2D eigenvalue weighted by molar-refractivity contribution is -0.147. The van der Waals surface area contributed by atoms with Crippen LogP contribution >= 0.6 is 0 Å². The van der Waals surface area contributed by atoms with Gasteiger partial charge >= 0.3 is 18.0 Å². The molecule has 8 heteroatoms. The maximum atomic E-state index is 11.4. The number of hydrogen-bond donors (Lipinski definition) is 3. The highest BCUT2D eigenvalue weighted by molar-refractivity contribution is 5.86. The molecule has 3 N–H and O–H groups in total. The molecule has 0 aromatic carbocycles. The summed E-state index contributed by atoms with van der Waals surface area (Å²) < 4.78 is 4.31. The Kier molecular flexibility index (Phi) is 6.64. The highest BCUT2D eigenvalue weighted by atomic mass is 16.5. The van der Waals surface area contributed by atoms with Crippen LogP contribution in [0.5, 0.6) is 0 Å². The maximum absolute atomic E-state index is 11.4. The first-order valence-electron chi connectivity index (χ1n) is 4.84.